The summed E-state index contributed by atoms with van der Waals surface area (Å²) in [5, 5.41) is 2.66. The number of benzene rings is 1. The molecule has 1 fully saturated rings. The van der Waals surface area contributed by atoms with Gasteiger partial charge in [0.05, 0.1) is 12.3 Å². The lowest BCUT2D eigenvalue weighted by atomic mass is 9.96. The van der Waals surface area contributed by atoms with Crippen LogP contribution in [0.3, 0.4) is 0 Å². The normalized spacial score (nSPS) is 18.7. The van der Waals surface area contributed by atoms with Gasteiger partial charge in [-0.2, -0.15) is 0 Å². The van der Waals surface area contributed by atoms with Crippen LogP contribution in [0.2, 0.25) is 0 Å². The fourth-order valence-corrected chi connectivity index (χ4v) is 2.67. The van der Waals surface area contributed by atoms with Crippen molar-refractivity contribution >= 4 is 24.4 Å². The van der Waals surface area contributed by atoms with Crippen molar-refractivity contribution in [3.8, 4) is 0 Å². The number of nitrogens with one attached hydrogen (secondary N) is 1. The van der Waals surface area contributed by atoms with E-state index in [1.807, 2.05) is 24.3 Å². The van der Waals surface area contributed by atoms with Crippen LogP contribution in [0.4, 0.5) is 0 Å². The fourth-order valence-electron chi connectivity index (χ4n) is 2.52. The molecule has 0 bridgehead atoms. The molecule has 1 aliphatic rings. The van der Waals surface area contributed by atoms with Crippen LogP contribution in [0.1, 0.15) is 18.4 Å². The lowest BCUT2D eigenvalue weighted by Gasteiger charge is -2.32. The first-order valence-electron chi connectivity index (χ1n) is 6.87. The number of hydrogen-bond acceptors (Lipinski definition) is 3. The number of piperidine rings is 1. The lowest BCUT2D eigenvalue weighted by Crippen LogP contribution is -2.45. The highest BCUT2D eigenvalue weighted by molar-refractivity contribution is 7.80. The van der Waals surface area contributed by atoms with Gasteiger partial charge in [-0.3, -0.25) is 9.59 Å². The molecular weight excluding hydrogens is 272 g/mol. The minimum absolute atomic E-state index is 0.0296. The number of thiol groups is 1. The van der Waals surface area contributed by atoms with E-state index in [1.54, 1.807) is 11.9 Å². The van der Waals surface area contributed by atoms with Gasteiger partial charge in [0.2, 0.25) is 11.8 Å². The maximum absolute atomic E-state index is 12.3. The molecular formula is C15H20N2O2S. The molecule has 1 heterocycles. The summed E-state index contributed by atoms with van der Waals surface area (Å²) in [6, 6.07) is 7.60. The second-order valence-electron chi connectivity index (χ2n) is 5.14. The van der Waals surface area contributed by atoms with Crippen molar-refractivity contribution in [1.82, 2.24) is 10.2 Å². The molecule has 1 aromatic rings. The predicted molar refractivity (Wildman–Crippen MR) is 80.8 cm³/mol. The van der Waals surface area contributed by atoms with Crippen LogP contribution in [0.15, 0.2) is 29.2 Å². The van der Waals surface area contributed by atoms with E-state index < -0.39 is 0 Å². The second-order valence-corrected chi connectivity index (χ2v) is 5.65. The summed E-state index contributed by atoms with van der Waals surface area (Å²) in [5.41, 5.74) is 0.981. The summed E-state index contributed by atoms with van der Waals surface area (Å²) in [6.07, 6.45) is 2.13. The van der Waals surface area contributed by atoms with Gasteiger partial charge in [0.15, 0.2) is 0 Å². The summed E-state index contributed by atoms with van der Waals surface area (Å²) in [5.74, 6) is 0.0463. The molecule has 0 aromatic heterocycles. The van der Waals surface area contributed by atoms with E-state index in [0.717, 1.165) is 29.8 Å². The molecule has 1 unspecified atom stereocenters. The van der Waals surface area contributed by atoms with E-state index in [2.05, 4.69) is 17.9 Å². The SMILES string of the molecule is CNC(=O)C1CCCN(C(=O)Cc2ccc(S)cc2)C1. The number of hydrogen-bond donors (Lipinski definition) is 2. The number of carbonyl (C=O) groups is 2. The highest BCUT2D eigenvalue weighted by atomic mass is 32.1. The molecule has 1 aromatic carbocycles. The van der Waals surface area contributed by atoms with Gasteiger partial charge in [0.25, 0.3) is 0 Å². The highest BCUT2D eigenvalue weighted by Gasteiger charge is 2.27. The molecule has 4 nitrogen and oxygen atoms in total. The first kappa shape index (κ1) is 14.9. The summed E-state index contributed by atoms with van der Waals surface area (Å²) >= 11 is 4.23. The van der Waals surface area contributed by atoms with Crippen molar-refractivity contribution in [3.05, 3.63) is 29.8 Å². The quantitative estimate of drug-likeness (QED) is 0.830. The van der Waals surface area contributed by atoms with Crippen molar-refractivity contribution in [1.29, 1.82) is 0 Å². The molecule has 2 rings (SSSR count). The van der Waals surface area contributed by atoms with Crippen molar-refractivity contribution in [2.45, 2.75) is 24.2 Å². The van der Waals surface area contributed by atoms with Crippen LogP contribution in [0.25, 0.3) is 0 Å². The van der Waals surface area contributed by atoms with Crippen LogP contribution in [-0.4, -0.2) is 36.9 Å². The Bertz CT molecular complexity index is 487. The number of carbonyl (C=O) groups excluding carboxylic acids is 2. The van der Waals surface area contributed by atoms with Gasteiger partial charge >= 0.3 is 0 Å². The van der Waals surface area contributed by atoms with Gasteiger partial charge in [-0.25, -0.2) is 0 Å². The highest BCUT2D eigenvalue weighted by Crippen LogP contribution is 2.18. The molecule has 1 aliphatic heterocycles. The van der Waals surface area contributed by atoms with E-state index in [9.17, 15) is 9.59 Å². The zero-order chi connectivity index (χ0) is 14.5. The summed E-state index contributed by atoms with van der Waals surface area (Å²) in [7, 11) is 1.64. The Hall–Kier alpha value is -1.49. The first-order valence-corrected chi connectivity index (χ1v) is 7.32. The first-order chi connectivity index (χ1) is 9.60. The van der Waals surface area contributed by atoms with E-state index in [4.69, 9.17) is 0 Å². The van der Waals surface area contributed by atoms with Crippen molar-refractivity contribution in [2.24, 2.45) is 5.92 Å². The van der Waals surface area contributed by atoms with Crippen molar-refractivity contribution < 1.29 is 9.59 Å². The van der Waals surface area contributed by atoms with Crippen LogP contribution in [0.5, 0.6) is 0 Å². The summed E-state index contributed by atoms with van der Waals surface area (Å²) in [6.45, 7) is 1.28. The molecule has 1 atom stereocenters. The Kier molecular flexibility index (Phi) is 5.06. The van der Waals surface area contributed by atoms with Crippen LogP contribution >= 0.6 is 12.6 Å². The zero-order valence-electron chi connectivity index (χ0n) is 11.6. The molecule has 0 radical (unpaired) electrons. The van der Waals surface area contributed by atoms with E-state index in [1.165, 1.54) is 0 Å². The summed E-state index contributed by atoms with van der Waals surface area (Å²) < 4.78 is 0. The Labute approximate surface area is 124 Å². The van der Waals surface area contributed by atoms with E-state index in [-0.39, 0.29) is 17.7 Å². The van der Waals surface area contributed by atoms with Crippen LogP contribution in [0, 0.1) is 5.92 Å². The summed E-state index contributed by atoms with van der Waals surface area (Å²) in [4.78, 5) is 26.6. The van der Waals surface area contributed by atoms with Gasteiger partial charge in [-0.15, -0.1) is 12.6 Å². The Morgan fingerprint density at radius 3 is 2.70 bits per heavy atom. The topological polar surface area (TPSA) is 49.4 Å². The fraction of sp³-hybridized carbons (Fsp3) is 0.467. The van der Waals surface area contributed by atoms with Gasteiger partial charge in [0.1, 0.15) is 0 Å². The monoisotopic (exact) mass is 292 g/mol. The van der Waals surface area contributed by atoms with E-state index in [0.29, 0.717) is 13.0 Å². The Morgan fingerprint density at radius 2 is 2.05 bits per heavy atom. The molecule has 2 amide bonds. The predicted octanol–water partition coefficient (Wildman–Crippen LogP) is 1.50. The molecule has 0 aliphatic carbocycles. The second kappa shape index (κ2) is 6.79. The molecule has 0 spiro atoms. The minimum Gasteiger partial charge on any atom is -0.359 e. The third-order valence-corrected chi connectivity index (χ3v) is 3.98. The Morgan fingerprint density at radius 1 is 1.35 bits per heavy atom. The third kappa shape index (κ3) is 3.76. The Balaban J connectivity index is 1.95. The number of amides is 2. The zero-order valence-corrected chi connectivity index (χ0v) is 12.5. The molecule has 1 saturated heterocycles. The van der Waals surface area contributed by atoms with Crippen molar-refractivity contribution in [2.75, 3.05) is 20.1 Å². The third-order valence-electron chi connectivity index (χ3n) is 3.68. The average molecular weight is 292 g/mol. The number of rotatable bonds is 3. The molecule has 20 heavy (non-hydrogen) atoms. The maximum atomic E-state index is 12.3. The largest absolute Gasteiger partial charge is 0.359 e. The minimum atomic E-state index is -0.0717. The van der Waals surface area contributed by atoms with Crippen LogP contribution < -0.4 is 5.32 Å². The molecule has 108 valence electrons. The average Bonchev–Trinajstić information content (AvgIpc) is 2.49. The molecule has 1 N–H and O–H groups in total. The van der Waals surface area contributed by atoms with Gasteiger partial charge in [0, 0.05) is 25.0 Å². The van der Waals surface area contributed by atoms with Crippen LogP contribution in [-0.2, 0) is 16.0 Å². The standard InChI is InChI=1S/C15H20N2O2S/c1-16-15(19)12-3-2-8-17(10-12)14(18)9-11-4-6-13(20)7-5-11/h4-7,12,20H,2-3,8-10H2,1H3,(H,16,19). The number of nitrogens with zero attached hydrogens (tertiary/aromatic N) is 1. The van der Waals surface area contributed by atoms with Gasteiger partial charge in [-0.05, 0) is 30.5 Å². The van der Waals surface area contributed by atoms with Crippen molar-refractivity contribution in [3.63, 3.8) is 0 Å². The van der Waals surface area contributed by atoms with E-state index >= 15 is 0 Å². The molecule has 5 heteroatoms. The lowest BCUT2D eigenvalue weighted by molar-refractivity contribution is -0.135. The smallest absolute Gasteiger partial charge is 0.227 e. The maximum Gasteiger partial charge on any atom is 0.227 e. The van der Waals surface area contributed by atoms with Gasteiger partial charge < -0.3 is 10.2 Å². The number of likely N-dealkylation sites (tertiary alicyclic amines) is 1. The molecule has 0 saturated carbocycles. The van der Waals surface area contributed by atoms with Gasteiger partial charge in [-0.1, -0.05) is 12.1 Å².